The Hall–Kier alpha value is -2.89. The summed E-state index contributed by atoms with van der Waals surface area (Å²) in [6.07, 6.45) is 5.07. The maximum atomic E-state index is 12.8. The van der Waals surface area contributed by atoms with Crippen molar-refractivity contribution in [3.63, 3.8) is 0 Å². The first-order valence-corrected chi connectivity index (χ1v) is 10.7. The lowest BCUT2D eigenvalue weighted by atomic mass is 9.96. The Labute approximate surface area is 171 Å². The van der Waals surface area contributed by atoms with Crippen LogP contribution < -0.4 is 4.90 Å². The van der Waals surface area contributed by atoms with E-state index < -0.39 is 0 Å². The van der Waals surface area contributed by atoms with Crippen LogP contribution in [0.15, 0.2) is 42.5 Å². The van der Waals surface area contributed by atoms with Gasteiger partial charge in [-0.3, -0.25) is 4.79 Å². The van der Waals surface area contributed by atoms with E-state index >= 15 is 0 Å². The Bertz CT molecular complexity index is 993. The summed E-state index contributed by atoms with van der Waals surface area (Å²) in [6.45, 7) is 3.56. The van der Waals surface area contributed by atoms with Gasteiger partial charge in [0.05, 0.1) is 11.4 Å². The van der Waals surface area contributed by atoms with E-state index in [-0.39, 0.29) is 5.92 Å². The van der Waals surface area contributed by atoms with E-state index in [1.54, 1.807) is 0 Å². The molecular weight excluding hydrogens is 362 g/mol. The highest BCUT2D eigenvalue weighted by Gasteiger charge is 2.31. The lowest BCUT2D eigenvalue weighted by molar-refractivity contribution is -0.134. The molecule has 0 radical (unpaired) electrons. The number of hydrogen-bond donors (Lipinski definition) is 1. The number of piperidine rings is 1. The average Bonchev–Trinajstić information content (AvgIpc) is 3.43. The van der Waals surface area contributed by atoms with Crippen molar-refractivity contribution in [2.75, 3.05) is 31.1 Å². The fourth-order valence-corrected chi connectivity index (χ4v) is 4.56. The second-order valence-electron chi connectivity index (χ2n) is 8.20. The molecule has 1 aromatic carbocycles. The van der Waals surface area contributed by atoms with Crippen molar-refractivity contribution in [2.45, 2.75) is 32.1 Å². The van der Waals surface area contributed by atoms with Crippen LogP contribution in [0.5, 0.6) is 0 Å². The molecule has 1 unspecified atom stereocenters. The molecule has 2 aliphatic heterocycles. The predicted molar refractivity (Wildman–Crippen MR) is 114 cm³/mol. The number of H-pyrrole nitrogens is 1. The van der Waals surface area contributed by atoms with Crippen LogP contribution in [0, 0.1) is 5.92 Å². The number of anilines is 1. The van der Waals surface area contributed by atoms with Crippen LogP contribution in [-0.2, 0) is 11.2 Å². The van der Waals surface area contributed by atoms with E-state index in [4.69, 9.17) is 9.97 Å². The zero-order chi connectivity index (χ0) is 19.6. The molecular formula is C23H27N5O. The number of nitrogens with one attached hydrogen (secondary N) is 1. The average molecular weight is 390 g/mol. The third-order valence-corrected chi connectivity index (χ3v) is 6.11. The monoisotopic (exact) mass is 389 g/mol. The zero-order valence-electron chi connectivity index (χ0n) is 16.7. The van der Waals surface area contributed by atoms with Crippen molar-refractivity contribution in [1.29, 1.82) is 0 Å². The molecule has 2 aromatic heterocycles. The number of aromatic nitrogens is 3. The highest BCUT2D eigenvalue weighted by atomic mass is 16.2. The summed E-state index contributed by atoms with van der Waals surface area (Å²) >= 11 is 0. The molecule has 3 aromatic rings. The number of aromatic amines is 1. The standard InChI is InChI=1S/C23H27N5O/c29-23(27-12-4-5-13-27)18-9-6-14-28(16-18)21-11-10-19-22(26-21)25-20(24-19)15-17-7-2-1-3-8-17/h1-3,7-8,10-11,18H,4-6,9,12-16H2,(H,24,25,26). The summed E-state index contributed by atoms with van der Waals surface area (Å²) in [5, 5.41) is 0. The molecule has 0 saturated carbocycles. The minimum atomic E-state index is 0.0900. The fraction of sp³-hybridized carbons (Fsp3) is 0.435. The largest absolute Gasteiger partial charge is 0.356 e. The molecule has 0 bridgehead atoms. The number of rotatable bonds is 4. The Kier molecular flexibility index (Phi) is 4.92. The third kappa shape index (κ3) is 3.84. The minimum Gasteiger partial charge on any atom is -0.356 e. The van der Waals surface area contributed by atoms with Gasteiger partial charge in [0, 0.05) is 32.6 Å². The van der Waals surface area contributed by atoms with Crippen LogP contribution in [0.2, 0.25) is 0 Å². The van der Waals surface area contributed by atoms with Gasteiger partial charge in [0.25, 0.3) is 0 Å². The quantitative estimate of drug-likeness (QED) is 0.743. The first-order chi connectivity index (χ1) is 14.3. The van der Waals surface area contributed by atoms with Crippen molar-refractivity contribution >= 4 is 22.9 Å². The van der Waals surface area contributed by atoms with Crippen molar-refractivity contribution < 1.29 is 4.79 Å². The summed E-state index contributed by atoms with van der Waals surface area (Å²) in [6, 6.07) is 14.4. The van der Waals surface area contributed by atoms with Crippen LogP contribution in [0.1, 0.15) is 37.1 Å². The number of imidazole rings is 1. The highest BCUT2D eigenvalue weighted by Crippen LogP contribution is 2.26. The van der Waals surface area contributed by atoms with E-state index in [0.29, 0.717) is 5.91 Å². The summed E-state index contributed by atoms with van der Waals surface area (Å²) in [5.74, 6) is 2.27. The van der Waals surface area contributed by atoms with Gasteiger partial charge in [0.1, 0.15) is 11.6 Å². The number of likely N-dealkylation sites (tertiary alicyclic amines) is 1. The van der Waals surface area contributed by atoms with Gasteiger partial charge in [-0.15, -0.1) is 0 Å². The van der Waals surface area contributed by atoms with Gasteiger partial charge in [-0.05, 0) is 43.4 Å². The summed E-state index contributed by atoms with van der Waals surface area (Å²) in [7, 11) is 0. The topological polar surface area (TPSA) is 65.1 Å². The van der Waals surface area contributed by atoms with Crippen molar-refractivity contribution in [3.05, 3.63) is 53.9 Å². The summed E-state index contributed by atoms with van der Waals surface area (Å²) in [5.41, 5.74) is 2.94. The molecule has 4 heterocycles. The van der Waals surface area contributed by atoms with Gasteiger partial charge in [-0.2, -0.15) is 0 Å². The van der Waals surface area contributed by atoms with Crippen LogP contribution >= 0.6 is 0 Å². The molecule has 2 aliphatic rings. The molecule has 6 nitrogen and oxygen atoms in total. The summed E-state index contributed by atoms with van der Waals surface area (Å²) in [4.78, 5) is 30.0. The minimum absolute atomic E-state index is 0.0900. The van der Waals surface area contributed by atoms with Crippen LogP contribution in [-0.4, -0.2) is 51.9 Å². The Morgan fingerprint density at radius 1 is 1.00 bits per heavy atom. The second-order valence-corrected chi connectivity index (χ2v) is 8.20. The molecule has 2 fully saturated rings. The number of hydrogen-bond acceptors (Lipinski definition) is 4. The number of pyridine rings is 1. The number of carbonyl (C=O) groups excluding carboxylic acids is 1. The maximum absolute atomic E-state index is 12.8. The highest BCUT2D eigenvalue weighted by molar-refractivity contribution is 5.80. The van der Waals surface area contributed by atoms with E-state index in [0.717, 1.165) is 81.1 Å². The Morgan fingerprint density at radius 2 is 1.83 bits per heavy atom. The van der Waals surface area contributed by atoms with Gasteiger partial charge in [-0.25, -0.2) is 9.97 Å². The van der Waals surface area contributed by atoms with Gasteiger partial charge in [-0.1, -0.05) is 30.3 Å². The second kappa shape index (κ2) is 7.85. The van der Waals surface area contributed by atoms with Crippen molar-refractivity contribution in [1.82, 2.24) is 19.9 Å². The first kappa shape index (κ1) is 18.2. The smallest absolute Gasteiger partial charge is 0.227 e. The molecule has 1 atom stereocenters. The van der Waals surface area contributed by atoms with Gasteiger partial charge < -0.3 is 14.8 Å². The third-order valence-electron chi connectivity index (χ3n) is 6.11. The van der Waals surface area contributed by atoms with Gasteiger partial charge >= 0.3 is 0 Å². The zero-order valence-corrected chi connectivity index (χ0v) is 16.7. The molecule has 29 heavy (non-hydrogen) atoms. The molecule has 1 N–H and O–H groups in total. The molecule has 0 aliphatic carbocycles. The number of nitrogens with zero attached hydrogens (tertiary/aromatic N) is 4. The van der Waals surface area contributed by atoms with Crippen LogP contribution in [0.3, 0.4) is 0 Å². The number of amides is 1. The Morgan fingerprint density at radius 3 is 2.66 bits per heavy atom. The number of benzene rings is 1. The van der Waals surface area contributed by atoms with Crippen LogP contribution in [0.25, 0.3) is 11.2 Å². The summed E-state index contributed by atoms with van der Waals surface area (Å²) < 4.78 is 0. The molecule has 2 saturated heterocycles. The maximum Gasteiger partial charge on any atom is 0.227 e. The lowest BCUT2D eigenvalue weighted by Gasteiger charge is -2.34. The molecule has 6 heteroatoms. The SMILES string of the molecule is O=C(C1CCCN(c2ccc3[nH]c(Cc4ccccc4)nc3n2)C1)N1CCCC1. The van der Waals surface area contributed by atoms with Crippen LogP contribution in [0.4, 0.5) is 5.82 Å². The first-order valence-electron chi connectivity index (χ1n) is 10.7. The van der Waals surface area contributed by atoms with E-state index in [9.17, 15) is 4.79 Å². The van der Waals surface area contributed by atoms with Crippen molar-refractivity contribution in [3.8, 4) is 0 Å². The molecule has 0 spiro atoms. The van der Waals surface area contributed by atoms with E-state index in [2.05, 4.69) is 34.1 Å². The molecule has 5 rings (SSSR count). The van der Waals surface area contributed by atoms with Crippen molar-refractivity contribution in [2.24, 2.45) is 5.92 Å². The number of fused-ring (bicyclic) bond motifs is 1. The van der Waals surface area contributed by atoms with E-state index in [1.807, 2.05) is 23.1 Å². The Balaban J connectivity index is 1.32. The molecule has 1 amide bonds. The van der Waals surface area contributed by atoms with Gasteiger partial charge in [0.15, 0.2) is 5.65 Å². The predicted octanol–water partition coefficient (Wildman–Crippen LogP) is 3.39. The lowest BCUT2D eigenvalue weighted by Crippen LogP contribution is -2.44. The molecule has 150 valence electrons. The number of carbonyl (C=O) groups is 1. The fourth-order valence-electron chi connectivity index (χ4n) is 4.56. The van der Waals surface area contributed by atoms with Gasteiger partial charge in [0.2, 0.25) is 5.91 Å². The van der Waals surface area contributed by atoms with E-state index in [1.165, 1.54) is 5.56 Å². The normalized spacial score (nSPS) is 19.8.